The van der Waals surface area contributed by atoms with E-state index in [0.717, 1.165) is 16.7 Å². The van der Waals surface area contributed by atoms with Crippen molar-refractivity contribution in [1.82, 2.24) is 15.1 Å². The SMILES string of the molecule is CN(C)C(C(=O)Nc1ccc2[nH]nc(-c3cccc(S(N)(=O)=O)c3)c2c1)C1C=CSC1. The van der Waals surface area contributed by atoms with Crippen molar-refractivity contribution in [2.24, 2.45) is 11.1 Å². The number of aromatic nitrogens is 2. The molecule has 8 nitrogen and oxygen atoms in total. The van der Waals surface area contributed by atoms with Crippen molar-refractivity contribution < 1.29 is 13.2 Å². The Balaban J connectivity index is 1.66. The van der Waals surface area contributed by atoms with Crippen molar-refractivity contribution in [2.75, 3.05) is 25.2 Å². The van der Waals surface area contributed by atoms with E-state index < -0.39 is 10.0 Å². The number of nitrogens with one attached hydrogen (secondary N) is 2. The Labute approximate surface area is 184 Å². The van der Waals surface area contributed by atoms with Gasteiger partial charge in [0.1, 0.15) is 5.69 Å². The zero-order valence-corrected chi connectivity index (χ0v) is 18.7. The molecule has 2 heterocycles. The summed E-state index contributed by atoms with van der Waals surface area (Å²) in [5, 5.41) is 18.4. The number of nitrogens with two attached hydrogens (primary N) is 1. The van der Waals surface area contributed by atoms with Crippen molar-refractivity contribution in [3.05, 3.63) is 53.9 Å². The summed E-state index contributed by atoms with van der Waals surface area (Å²) in [6, 6.07) is 11.5. The van der Waals surface area contributed by atoms with Gasteiger partial charge in [-0.05, 0) is 49.8 Å². The van der Waals surface area contributed by atoms with Crippen LogP contribution in [0.3, 0.4) is 0 Å². The fraction of sp³-hybridized carbons (Fsp3) is 0.238. The van der Waals surface area contributed by atoms with Gasteiger partial charge in [0.15, 0.2) is 0 Å². The highest BCUT2D eigenvalue weighted by Gasteiger charge is 2.30. The summed E-state index contributed by atoms with van der Waals surface area (Å²) in [6.07, 6.45) is 2.07. The first-order valence-corrected chi connectivity index (χ1v) is 12.2. The van der Waals surface area contributed by atoms with E-state index in [1.165, 1.54) is 12.1 Å². The molecule has 2 aromatic carbocycles. The zero-order valence-electron chi connectivity index (χ0n) is 17.1. The molecule has 0 bridgehead atoms. The van der Waals surface area contributed by atoms with Crippen LogP contribution in [0.4, 0.5) is 5.69 Å². The van der Waals surface area contributed by atoms with Crippen LogP contribution in [0.1, 0.15) is 0 Å². The number of thioether (sulfide) groups is 1. The molecule has 0 spiro atoms. The van der Waals surface area contributed by atoms with E-state index in [9.17, 15) is 13.2 Å². The Morgan fingerprint density at radius 2 is 2.10 bits per heavy atom. The van der Waals surface area contributed by atoms with E-state index in [1.54, 1.807) is 23.9 Å². The number of hydrogen-bond acceptors (Lipinski definition) is 6. The highest BCUT2D eigenvalue weighted by atomic mass is 32.2. The third-order valence-corrected chi connectivity index (χ3v) is 7.05. The quantitative estimate of drug-likeness (QED) is 0.523. The molecule has 1 aromatic heterocycles. The van der Waals surface area contributed by atoms with Gasteiger partial charge < -0.3 is 5.32 Å². The summed E-state index contributed by atoms with van der Waals surface area (Å²) >= 11 is 1.71. The van der Waals surface area contributed by atoms with Gasteiger partial charge in [0.05, 0.1) is 16.5 Å². The molecule has 1 aliphatic heterocycles. The number of carbonyl (C=O) groups excluding carboxylic acids is 1. The number of nitrogens with zero attached hydrogens (tertiary/aromatic N) is 2. The molecule has 1 aliphatic rings. The molecular weight excluding hydrogens is 434 g/mol. The van der Waals surface area contributed by atoms with Crippen LogP contribution in [0.5, 0.6) is 0 Å². The second kappa shape index (κ2) is 8.46. The standard InChI is InChI=1S/C21H23N5O3S2/c1-26(2)20(14-8-9-30-12-14)21(27)23-15-6-7-18-17(11-15)19(25-24-18)13-4-3-5-16(10-13)31(22,28)29/h3-11,14,20H,12H2,1-2H3,(H,23,27)(H,24,25)(H2,22,28,29). The van der Waals surface area contributed by atoms with Gasteiger partial charge in [-0.25, -0.2) is 13.6 Å². The van der Waals surface area contributed by atoms with Crippen molar-refractivity contribution in [3.8, 4) is 11.3 Å². The first kappa shape index (κ1) is 21.6. The monoisotopic (exact) mass is 457 g/mol. The number of likely N-dealkylation sites (N-methyl/N-ethyl adjacent to an activating group) is 1. The van der Waals surface area contributed by atoms with Gasteiger partial charge >= 0.3 is 0 Å². The van der Waals surface area contributed by atoms with E-state index in [0.29, 0.717) is 16.9 Å². The van der Waals surface area contributed by atoms with Crippen LogP contribution < -0.4 is 10.5 Å². The minimum Gasteiger partial charge on any atom is -0.325 e. The number of carbonyl (C=O) groups is 1. The van der Waals surface area contributed by atoms with E-state index in [-0.39, 0.29) is 22.8 Å². The van der Waals surface area contributed by atoms with Crippen molar-refractivity contribution >= 4 is 44.3 Å². The summed E-state index contributed by atoms with van der Waals surface area (Å²) in [5.41, 5.74) is 2.61. The molecule has 4 N–H and O–H groups in total. The highest BCUT2D eigenvalue weighted by molar-refractivity contribution is 8.02. The van der Waals surface area contributed by atoms with E-state index in [2.05, 4.69) is 21.6 Å². The second-order valence-corrected chi connectivity index (χ2v) is 10.1. The Morgan fingerprint density at radius 1 is 1.29 bits per heavy atom. The lowest BCUT2D eigenvalue weighted by Crippen LogP contribution is -2.44. The maximum absolute atomic E-state index is 13.0. The molecule has 31 heavy (non-hydrogen) atoms. The second-order valence-electron chi connectivity index (χ2n) is 7.63. The number of anilines is 1. The van der Waals surface area contributed by atoms with E-state index >= 15 is 0 Å². The third-order valence-electron chi connectivity index (χ3n) is 5.21. The van der Waals surface area contributed by atoms with Crippen molar-refractivity contribution in [1.29, 1.82) is 0 Å². The molecule has 10 heteroatoms. The Bertz CT molecular complexity index is 1270. The smallest absolute Gasteiger partial charge is 0.242 e. The minimum atomic E-state index is -3.83. The van der Waals surface area contributed by atoms with Gasteiger partial charge in [0, 0.05) is 28.3 Å². The van der Waals surface area contributed by atoms with Crippen LogP contribution in [0, 0.1) is 5.92 Å². The minimum absolute atomic E-state index is 0.0157. The number of fused-ring (bicyclic) bond motifs is 1. The average Bonchev–Trinajstić information content (AvgIpc) is 3.37. The van der Waals surface area contributed by atoms with Gasteiger partial charge in [-0.3, -0.25) is 14.8 Å². The Hall–Kier alpha value is -2.66. The van der Waals surface area contributed by atoms with Gasteiger partial charge in [0.2, 0.25) is 15.9 Å². The molecule has 0 aliphatic carbocycles. The fourth-order valence-electron chi connectivity index (χ4n) is 3.74. The summed E-state index contributed by atoms with van der Waals surface area (Å²) in [5.74, 6) is 0.943. The van der Waals surface area contributed by atoms with Gasteiger partial charge in [-0.1, -0.05) is 18.2 Å². The number of benzene rings is 2. The van der Waals surface area contributed by atoms with Gasteiger partial charge in [-0.15, -0.1) is 11.8 Å². The molecule has 0 saturated heterocycles. The molecule has 0 fully saturated rings. The molecule has 162 valence electrons. The molecule has 3 aromatic rings. The number of H-pyrrole nitrogens is 1. The fourth-order valence-corrected chi connectivity index (χ4v) is 5.23. The number of primary sulfonamides is 1. The Morgan fingerprint density at radius 3 is 2.77 bits per heavy atom. The van der Waals surface area contributed by atoms with Crippen molar-refractivity contribution in [3.63, 3.8) is 0 Å². The van der Waals surface area contributed by atoms with E-state index in [4.69, 9.17) is 5.14 Å². The number of amides is 1. The molecule has 1 amide bonds. The lowest BCUT2D eigenvalue weighted by Gasteiger charge is -2.27. The Kier molecular flexibility index (Phi) is 5.89. The maximum atomic E-state index is 13.0. The van der Waals surface area contributed by atoms with Crippen LogP contribution in [0.15, 0.2) is 58.8 Å². The van der Waals surface area contributed by atoms with Crippen LogP contribution >= 0.6 is 11.8 Å². The summed E-state index contributed by atoms with van der Waals surface area (Å²) in [4.78, 5) is 15.0. The number of hydrogen-bond donors (Lipinski definition) is 3. The lowest BCUT2D eigenvalue weighted by molar-refractivity contribution is -0.121. The maximum Gasteiger partial charge on any atom is 0.242 e. The van der Waals surface area contributed by atoms with Crippen molar-refractivity contribution in [2.45, 2.75) is 10.9 Å². The predicted octanol–water partition coefficient (Wildman–Crippen LogP) is 2.62. The lowest BCUT2D eigenvalue weighted by atomic mass is 10.00. The molecule has 2 atom stereocenters. The van der Waals surface area contributed by atoms with Crippen LogP contribution in [0.2, 0.25) is 0 Å². The normalized spacial score (nSPS) is 17.4. The van der Waals surface area contributed by atoms with Crippen LogP contribution in [-0.2, 0) is 14.8 Å². The molecule has 2 unspecified atom stereocenters. The summed E-state index contributed by atoms with van der Waals surface area (Å²) in [7, 11) is -0.0270. The zero-order chi connectivity index (χ0) is 22.2. The predicted molar refractivity (Wildman–Crippen MR) is 124 cm³/mol. The van der Waals surface area contributed by atoms with E-state index in [1.807, 2.05) is 42.6 Å². The molecule has 0 saturated carbocycles. The average molecular weight is 458 g/mol. The highest BCUT2D eigenvalue weighted by Crippen LogP contribution is 2.30. The molecule has 0 radical (unpaired) electrons. The van der Waals surface area contributed by atoms with Gasteiger partial charge in [0.25, 0.3) is 0 Å². The number of sulfonamides is 1. The molecular formula is C21H23N5O3S2. The van der Waals surface area contributed by atoms with Crippen LogP contribution in [-0.4, -0.2) is 55.3 Å². The third kappa shape index (κ3) is 4.52. The largest absolute Gasteiger partial charge is 0.325 e. The van der Waals surface area contributed by atoms with Crippen LogP contribution in [0.25, 0.3) is 22.2 Å². The summed E-state index contributed by atoms with van der Waals surface area (Å²) in [6.45, 7) is 0. The topological polar surface area (TPSA) is 121 Å². The number of aromatic amines is 1. The first-order chi connectivity index (χ1) is 14.7. The summed E-state index contributed by atoms with van der Waals surface area (Å²) < 4.78 is 23.4. The molecule has 4 rings (SSSR count). The van der Waals surface area contributed by atoms with Gasteiger partial charge in [-0.2, -0.15) is 5.10 Å². The number of rotatable bonds is 6. The first-order valence-electron chi connectivity index (χ1n) is 9.61.